The molecule has 0 spiro atoms. The topological polar surface area (TPSA) is 103 Å². The lowest BCUT2D eigenvalue weighted by Crippen LogP contribution is -2.55. The number of benzene rings is 2. The Hall–Kier alpha value is -2.75. The Morgan fingerprint density at radius 3 is 2.66 bits per heavy atom. The maximum Gasteiger partial charge on any atom is 0.302 e. The molecule has 1 fully saturated rings. The van der Waals surface area contributed by atoms with Crippen molar-refractivity contribution < 1.29 is 33.6 Å². The molecule has 32 heavy (non-hydrogen) atoms. The molecule has 2 aliphatic rings. The molecule has 0 bridgehead atoms. The van der Waals surface area contributed by atoms with Gasteiger partial charge in [-0.3, -0.25) is 9.59 Å². The number of aliphatic hydroxyl groups excluding tert-OH is 1. The number of hydrogen-bond acceptors (Lipinski definition) is 8. The molecule has 8 nitrogen and oxygen atoms in total. The summed E-state index contributed by atoms with van der Waals surface area (Å²) >= 11 is 1.55. The second-order valence-corrected chi connectivity index (χ2v) is 9.02. The Morgan fingerprint density at radius 1 is 1.16 bits per heavy atom. The predicted molar refractivity (Wildman–Crippen MR) is 117 cm³/mol. The van der Waals surface area contributed by atoms with Crippen LogP contribution in [0.2, 0.25) is 0 Å². The highest BCUT2D eigenvalue weighted by molar-refractivity contribution is 8.00. The van der Waals surface area contributed by atoms with Gasteiger partial charge in [-0.1, -0.05) is 17.7 Å². The molecule has 1 saturated heterocycles. The van der Waals surface area contributed by atoms with E-state index >= 15 is 0 Å². The molecule has 2 N–H and O–H groups in total. The number of aliphatic hydroxyl groups is 1. The summed E-state index contributed by atoms with van der Waals surface area (Å²) in [6.45, 7) is 3.49. The molecule has 0 radical (unpaired) electrons. The van der Waals surface area contributed by atoms with E-state index in [-0.39, 0.29) is 18.6 Å². The van der Waals surface area contributed by atoms with Gasteiger partial charge in [0.2, 0.25) is 6.79 Å². The van der Waals surface area contributed by atoms with E-state index in [0.717, 1.165) is 10.5 Å². The third kappa shape index (κ3) is 5.35. The summed E-state index contributed by atoms with van der Waals surface area (Å²) in [6.07, 6.45) is -2.01. The van der Waals surface area contributed by atoms with Crippen LogP contribution in [0.1, 0.15) is 29.3 Å². The number of fused-ring (bicyclic) bond motifs is 1. The molecule has 2 aromatic rings. The zero-order valence-electron chi connectivity index (χ0n) is 17.8. The molecule has 9 heteroatoms. The van der Waals surface area contributed by atoms with Crippen LogP contribution < -0.4 is 14.8 Å². The Bertz CT molecular complexity index is 981. The van der Waals surface area contributed by atoms with Crippen molar-refractivity contribution in [1.82, 2.24) is 5.32 Å². The van der Waals surface area contributed by atoms with Gasteiger partial charge >= 0.3 is 5.97 Å². The molecule has 4 atom stereocenters. The second-order valence-electron chi connectivity index (χ2n) is 7.71. The fraction of sp³-hybridized carbons (Fsp3) is 0.391. The number of carbonyl (C=O) groups is 2. The molecule has 0 saturated carbocycles. The van der Waals surface area contributed by atoms with E-state index < -0.39 is 30.3 Å². The van der Waals surface area contributed by atoms with Gasteiger partial charge in [-0.05, 0) is 43.7 Å². The molecule has 2 aliphatic heterocycles. The Labute approximate surface area is 190 Å². The lowest BCUT2D eigenvalue weighted by Gasteiger charge is -2.39. The summed E-state index contributed by atoms with van der Waals surface area (Å²) in [5.41, 5.74) is 1.51. The van der Waals surface area contributed by atoms with Gasteiger partial charge in [0.25, 0.3) is 5.91 Å². The summed E-state index contributed by atoms with van der Waals surface area (Å²) < 4.78 is 21.8. The molecular formula is C23H25NO7S. The summed E-state index contributed by atoms with van der Waals surface area (Å²) in [4.78, 5) is 25.1. The first-order valence-electron chi connectivity index (χ1n) is 10.3. The van der Waals surface area contributed by atoms with E-state index in [1.54, 1.807) is 30.0 Å². The van der Waals surface area contributed by atoms with E-state index in [4.69, 9.17) is 18.9 Å². The van der Waals surface area contributed by atoms with Crippen LogP contribution in [0.4, 0.5) is 0 Å². The van der Waals surface area contributed by atoms with Crippen molar-refractivity contribution in [2.24, 2.45) is 0 Å². The standard InChI is InChI=1S/C23H25NO7S/c1-13-3-6-16(7-4-13)32-21-10-17(26)23(31-20(21)11-28-14(2)25)24-22(27)15-5-8-18-19(9-15)30-12-29-18/h3-9,17,20-21,23,26H,10-12H2,1-2H3,(H,24,27)/t17?,20-,21?,23-/m1/s1. The van der Waals surface area contributed by atoms with Crippen molar-refractivity contribution >= 4 is 23.6 Å². The molecular weight excluding hydrogens is 434 g/mol. The molecule has 2 aromatic carbocycles. The zero-order chi connectivity index (χ0) is 22.7. The van der Waals surface area contributed by atoms with Crippen LogP contribution in [-0.2, 0) is 14.3 Å². The number of thioether (sulfide) groups is 1. The average Bonchev–Trinajstić information content (AvgIpc) is 3.24. The van der Waals surface area contributed by atoms with Crippen LogP contribution in [0, 0.1) is 6.92 Å². The van der Waals surface area contributed by atoms with Gasteiger partial charge in [-0.2, -0.15) is 0 Å². The minimum absolute atomic E-state index is 0.0297. The van der Waals surface area contributed by atoms with Gasteiger partial charge in [0.15, 0.2) is 17.7 Å². The molecule has 2 unspecified atom stereocenters. The Morgan fingerprint density at radius 2 is 1.91 bits per heavy atom. The third-order valence-corrected chi connectivity index (χ3v) is 6.57. The van der Waals surface area contributed by atoms with E-state index in [0.29, 0.717) is 23.5 Å². The van der Waals surface area contributed by atoms with Gasteiger partial charge in [0.1, 0.15) is 12.7 Å². The van der Waals surface area contributed by atoms with Crippen LogP contribution in [0.15, 0.2) is 47.4 Å². The molecule has 4 rings (SSSR count). The summed E-state index contributed by atoms with van der Waals surface area (Å²) in [7, 11) is 0. The van der Waals surface area contributed by atoms with Gasteiger partial charge in [-0.25, -0.2) is 0 Å². The van der Waals surface area contributed by atoms with Gasteiger partial charge in [-0.15, -0.1) is 11.8 Å². The van der Waals surface area contributed by atoms with Crippen LogP contribution in [0.3, 0.4) is 0 Å². The zero-order valence-corrected chi connectivity index (χ0v) is 18.6. The normalized spacial score (nSPS) is 24.1. The van der Waals surface area contributed by atoms with Gasteiger partial charge in [0.05, 0.1) is 6.10 Å². The van der Waals surface area contributed by atoms with E-state index in [1.165, 1.54) is 6.92 Å². The quantitative estimate of drug-likeness (QED) is 0.636. The first-order valence-corrected chi connectivity index (χ1v) is 11.2. The van der Waals surface area contributed by atoms with E-state index in [9.17, 15) is 14.7 Å². The van der Waals surface area contributed by atoms with E-state index in [2.05, 4.69) is 5.32 Å². The number of rotatable bonds is 6. The highest BCUT2D eigenvalue weighted by Gasteiger charge is 2.39. The first-order chi connectivity index (χ1) is 15.4. The number of ether oxygens (including phenoxy) is 4. The lowest BCUT2D eigenvalue weighted by molar-refractivity contribution is -0.160. The van der Waals surface area contributed by atoms with Crippen LogP contribution in [0.25, 0.3) is 0 Å². The highest BCUT2D eigenvalue weighted by Crippen LogP contribution is 2.35. The van der Waals surface area contributed by atoms with Crippen molar-refractivity contribution in [1.29, 1.82) is 0 Å². The molecule has 2 heterocycles. The fourth-order valence-corrected chi connectivity index (χ4v) is 4.75. The lowest BCUT2D eigenvalue weighted by atomic mass is 10.0. The van der Waals surface area contributed by atoms with Crippen LogP contribution in [-0.4, -0.2) is 54.1 Å². The smallest absolute Gasteiger partial charge is 0.302 e. The predicted octanol–water partition coefficient (Wildman–Crippen LogP) is 2.65. The molecule has 170 valence electrons. The van der Waals surface area contributed by atoms with Crippen molar-refractivity contribution in [3.8, 4) is 11.5 Å². The van der Waals surface area contributed by atoms with Crippen molar-refractivity contribution in [3.63, 3.8) is 0 Å². The van der Waals surface area contributed by atoms with Crippen molar-refractivity contribution in [2.45, 2.75) is 48.8 Å². The van der Waals surface area contributed by atoms with E-state index in [1.807, 2.05) is 31.2 Å². The summed E-state index contributed by atoms with van der Waals surface area (Å²) in [6, 6.07) is 12.9. The fourth-order valence-electron chi connectivity index (χ4n) is 3.52. The summed E-state index contributed by atoms with van der Waals surface area (Å²) in [5.74, 6) is 0.237. The molecule has 1 amide bonds. The summed E-state index contributed by atoms with van der Waals surface area (Å²) in [5, 5.41) is 13.3. The monoisotopic (exact) mass is 459 g/mol. The average molecular weight is 460 g/mol. The maximum atomic E-state index is 12.7. The molecule has 0 aromatic heterocycles. The minimum Gasteiger partial charge on any atom is -0.463 e. The van der Waals surface area contributed by atoms with Crippen molar-refractivity contribution in [3.05, 3.63) is 53.6 Å². The maximum absolute atomic E-state index is 12.7. The largest absolute Gasteiger partial charge is 0.463 e. The Balaban J connectivity index is 1.44. The minimum atomic E-state index is -0.941. The van der Waals surface area contributed by atoms with Gasteiger partial charge in [0, 0.05) is 22.6 Å². The number of amides is 1. The SMILES string of the molecule is CC(=O)OC[C@H]1O[C@@H](NC(=O)c2ccc3c(c2)OCO3)C(O)CC1Sc1ccc(C)cc1. The van der Waals surface area contributed by atoms with Crippen molar-refractivity contribution in [2.75, 3.05) is 13.4 Å². The highest BCUT2D eigenvalue weighted by atomic mass is 32.2. The number of carbonyl (C=O) groups excluding carboxylic acids is 2. The number of hydrogen-bond donors (Lipinski definition) is 2. The number of nitrogens with one attached hydrogen (secondary N) is 1. The third-order valence-electron chi connectivity index (χ3n) is 5.23. The second kappa shape index (κ2) is 9.81. The van der Waals surface area contributed by atoms with Crippen LogP contribution in [0.5, 0.6) is 11.5 Å². The Kier molecular flexibility index (Phi) is 6.88. The van der Waals surface area contributed by atoms with Crippen LogP contribution >= 0.6 is 11.8 Å². The number of esters is 1. The number of aryl methyl sites for hydroxylation is 1. The first kappa shape index (κ1) is 22.4. The van der Waals surface area contributed by atoms with Gasteiger partial charge < -0.3 is 29.4 Å². The molecule has 0 aliphatic carbocycles.